The summed E-state index contributed by atoms with van der Waals surface area (Å²) in [5.74, 6) is 1.65. The Morgan fingerprint density at radius 2 is 1.86 bits per heavy atom. The second-order valence-corrected chi connectivity index (χ2v) is 7.25. The molecule has 0 bridgehead atoms. The molecule has 7 nitrogen and oxygen atoms in total. The largest absolute Gasteiger partial charge is 0.497 e. The lowest BCUT2D eigenvalue weighted by atomic mass is 10.1. The Labute approximate surface area is 169 Å². The normalized spacial score (nSPS) is 11.2. The molecule has 0 atom stereocenters. The molecule has 1 aromatic carbocycles. The van der Waals surface area contributed by atoms with Gasteiger partial charge in [0.25, 0.3) is 0 Å². The van der Waals surface area contributed by atoms with Crippen molar-refractivity contribution >= 4 is 16.7 Å². The van der Waals surface area contributed by atoms with Crippen LogP contribution in [-0.2, 0) is 6.54 Å². The summed E-state index contributed by atoms with van der Waals surface area (Å²) < 4.78 is 7.26. The number of aryl methyl sites for hydroxylation is 1. The lowest BCUT2D eigenvalue weighted by molar-refractivity contribution is 0.414. The molecule has 4 rings (SSSR count). The van der Waals surface area contributed by atoms with Gasteiger partial charge in [-0.05, 0) is 50.6 Å². The average molecular weight is 388 g/mol. The number of hydrogen-bond donors (Lipinski definition) is 1. The van der Waals surface area contributed by atoms with E-state index >= 15 is 0 Å². The molecule has 0 saturated heterocycles. The van der Waals surface area contributed by atoms with Crippen molar-refractivity contribution in [1.29, 1.82) is 0 Å². The molecule has 0 radical (unpaired) electrons. The number of aromatic nitrogens is 5. The number of ether oxygens (including phenoxy) is 1. The smallest absolute Gasteiger partial charge is 0.137 e. The van der Waals surface area contributed by atoms with Crippen molar-refractivity contribution in [1.82, 2.24) is 24.7 Å². The maximum atomic E-state index is 5.26. The monoisotopic (exact) mass is 388 g/mol. The van der Waals surface area contributed by atoms with Crippen LogP contribution in [0.2, 0.25) is 0 Å². The summed E-state index contributed by atoms with van der Waals surface area (Å²) in [5.41, 5.74) is 4.63. The highest BCUT2D eigenvalue weighted by molar-refractivity contribution is 6.00. The average Bonchev–Trinajstić information content (AvgIpc) is 3.08. The maximum Gasteiger partial charge on any atom is 0.137 e. The van der Waals surface area contributed by atoms with Gasteiger partial charge in [0.15, 0.2) is 0 Å². The zero-order valence-electron chi connectivity index (χ0n) is 17.0. The van der Waals surface area contributed by atoms with Crippen LogP contribution in [0.5, 0.6) is 5.75 Å². The number of pyridine rings is 1. The highest BCUT2D eigenvalue weighted by Gasteiger charge is 2.19. The highest BCUT2D eigenvalue weighted by Crippen LogP contribution is 2.32. The predicted molar refractivity (Wildman–Crippen MR) is 114 cm³/mol. The molecule has 3 heterocycles. The molecule has 0 aliphatic carbocycles. The minimum atomic E-state index is 0.248. The van der Waals surface area contributed by atoms with E-state index in [4.69, 9.17) is 9.84 Å². The number of hydrogen-bond acceptors (Lipinski definition) is 6. The summed E-state index contributed by atoms with van der Waals surface area (Å²) in [4.78, 5) is 13.3. The molecular weight excluding hydrogens is 364 g/mol. The first kappa shape index (κ1) is 18.9. The van der Waals surface area contributed by atoms with E-state index in [0.717, 1.165) is 45.1 Å². The molecular formula is C22H24N6O. The lowest BCUT2D eigenvalue weighted by Gasteiger charge is -2.11. The molecule has 0 unspecified atom stereocenters. The minimum absolute atomic E-state index is 0.248. The number of nitrogens with one attached hydrogen (secondary N) is 1. The fourth-order valence-corrected chi connectivity index (χ4v) is 3.30. The molecule has 4 aromatic rings. The first-order chi connectivity index (χ1) is 14.0. The van der Waals surface area contributed by atoms with Crippen LogP contribution >= 0.6 is 0 Å². The number of rotatable bonds is 6. The molecule has 0 saturated carbocycles. The Bertz CT molecular complexity index is 1130. The molecule has 148 valence electrons. The Morgan fingerprint density at radius 1 is 1.07 bits per heavy atom. The first-order valence-electron chi connectivity index (χ1n) is 9.59. The predicted octanol–water partition coefficient (Wildman–Crippen LogP) is 4.07. The Morgan fingerprint density at radius 3 is 2.55 bits per heavy atom. The van der Waals surface area contributed by atoms with E-state index < -0.39 is 0 Å². The van der Waals surface area contributed by atoms with Gasteiger partial charge in [0.2, 0.25) is 0 Å². The summed E-state index contributed by atoms with van der Waals surface area (Å²) >= 11 is 0. The second-order valence-electron chi connectivity index (χ2n) is 7.25. The topological polar surface area (TPSA) is 77.8 Å². The molecule has 3 aromatic heterocycles. The zero-order chi connectivity index (χ0) is 20.4. The van der Waals surface area contributed by atoms with E-state index in [1.165, 1.54) is 0 Å². The summed E-state index contributed by atoms with van der Waals surface area (Å²) in [5, 5.41) is 9.33. The van der Waals surface area contributed by atoms with E-state index in [1.807, 2.05) is 42.1 Å². The van der Waals surface area contributed by atoms with Crippen molar-refractivity contribution in [2.75, 3.05) is 12.4 Å². The van der Waals surface area contributed by atoms with Crippen molar-refractivity contribution in [3.05, 3.63) is 60.2 Å². The van der Waals surface area contributed by atoms with Gasteiger partial charge in [-0.15, -0.1) is 0 Å². The third-order valence-electron chi connectivity index (χ3n) is 4.63. The molecule has 0 fully saturated rings. The van der Waals surface area contributed by atoms with Crippen molar-refractivity contribution < 1.29 is 4.74 Å². The molecule has 29 heavy (non-hydrogen) atoms. The van der Waals surface area contributed by atoms with Gasteiger partial charge in [0.05, 0.1) is 30.3 Å². The van der Waals surface area contributed by atoms with Gasteiger partial charge in [-0.3, -0.25) is 4.68 Å². The summed E-state index contributed by atoms with van der Waals surface area (Å²) in [7, 11) is 1.67. The minimum Gasteiger partial charge on any atom is -0.497 e. The number of fused-ring (bicyclic) bond motifs is 1. The van der Waals surface area contributed by atoms with E-state index in [9.17, 15) is 0 Å². The van der Waals surface area contributed by atoms with Crippen molar-refractivity contribution in [3.63, 3.8) is 0 Å². The maximum absolute atomic E-state index is 5.26. The molecule has 0 aliphatic heterocycles. The van der Waals surface area contributed by atoms with Crippen LogP contribution in [0.3, 0.4) is 0 Å². The summed E-state index contributed by atoms with van der Waals surface area (Å²) in [6.45, 7) is 6.77. The zero-order valence-corrected chi connectivity index (χ0v) is 17.0. The van der Waals surface area contributed by atoms with Crippen LogP contribution in [0, 0.1) is 6.92 Å². The standard InChI is InChI=1S/C22H24N6O/c1-14(2)26-22-20-19(9-10-23-22)28(12-16-5-7-17(29-4)8-6-16)27-21(20)18-11-15(3)24-13-25-18/h5-11,13-14H,12H2,1-4H3,(H,23,26). The quantitative estimate of drug-likeness (QED) is 0.536. The van der Waals surface area contributed by atoms with E-state index in [2.05, 4.69) is 46.2 Å². The molecule has 1 N–H and O–H groups in total. The fraction of sp³-hybridized carbons (Fsp3) is 0.273. The third kappa shape index (κ3) is 3.89. The van der Waals surface area contributed by atoms with Crippen molar-refractivity contribution in [2.45, 2.75) is 33.4 Å². The van der Waals surface area contributed by atoms with Gasteiger partial charge in [0, 0.05) is 17.9 Å². The van der Waals surface area contributed by atoms with Crippen molar-refractivity contribution in [2.24, 2.45) is 0 Å². The molecule has 7 heteroatoms. The van der Waals surface area contributed by atoms with Crippen molar-refractivity contribution in [3.8, 4) is 17.1 Å². The van der Waals surface area contributed by atoms with Crippen LogP contribution < -0.4 is 10.1 Å². The van der Waals surface area contributed by atoms with Gasteiger partial charge in [-0.1, -0.05) is 12.1 Å². The van der Waals surface area contributed by atoms with Crippen LogP contribution in [0.1, 0.15) is 25.1 Å². The Kier molecular flexibility index (Phi) is 5.12. The van der Waals surface area contributed by atoms with Gasteiger partial charge in [0.1, 0.15) is 23.6 Å². The van der Waals surface area contributed by atoms with Crippen LogP contribution in [0.4, 0.5) is 5.82 Å². The summed E-state index contributed by atoms with van der Waals surface area (Å²) in [6, 6.07) is 12.2. The van der Waals surface area contributed by atoms with Gasteiger partial charge >= 0.3 is 0 Å². The number of anilines is 1. The van der Waals surface area contributed by atoms with E-state index in [1.54, 1.807) is 13.4 Å². The third-order valence-corrected chi connectivity index (χ3v) is 4.63. The van der Waals surface area contributed by atoms with Gasteiger partial charge in [-0.2, -0.15) is 5.10 Å². The first-order valence-corrected chi connectivity index (χ1v) is 9.59. The second kappa shape index (κ2) is 7.87. The highest BCUT2D eigenvalue weighted by atomic mass is 16.5. The number of methoxy groups -OCH3 is 1. The summed E-state index contributed by atoms with van der Waals surface area (Å²) in [6.07, 6.45) is 3.39. The molecule has 0 spiro atoms. The van der Waals surface area contributed by atoms with Crippen LogP contribution in [-0.4, -0.2) is 37.9 Å². The SMILES string of the molecule is COc1ccc(Cn2nc(-c3cc(C)ncn3)c3c(NC(C)C)nccc32)cc1. The number of benzene rings is 1. The Hall–Kier alpha value is -3.48. The Balaban J connectivity index is 1.86. The van der Waals surface area contributed by atoms with E-state index in [0.29, 0.717) is 6.54 Å². The van der Waals surface area contributed by atoms with Crippen LogP contribution in [0.25, 0.3) is 22.3 Å². The molecule has 0 amide bonds. The van der Waals surface area contributed by atoms with Crippen LogP contribution in [0.15, 0.2) is 48.9 Å². The van der Waals surface area contributed by atoms with E-state index in [-0.39, 0.29) is 6.04 Å². The number of nitrogens with zero attached hydrogens (tertiary/aromatic N) is 5. The molecule has 0 aliphatic rings. The van der Waals surface area contributed by atoms with Gasteiger partial charge < -0.3 is 10.1 Å². The van der Waals surface area contributed by atoms with Gasteiger partial charge in [-0.25, -0.2) is 15.0 Å². The lowest BCUT2D eigenvalue weighted by Crippen LogP contribution is -2.11. The fourth-order valence-electron chi connectivity index (χ4n) is 3.30.